The van der Waals surface area contributed by atoms with Gasteiger partial charge in [0.25, 0.3) is 0 Å². The summed E-state index contributed by atoms with van der Waals surface area (Å²) < 4.78 is 18.2. The SMILES string of the molecule is COc1ccc2c(S)c[nH]c2c1.Nc1ccc(Br)cc1F. The predicted octanol–water partition coefficient (Wildman–Crippen LogP) is 4.64. The molecule has 0 amide bonds. The quantitative estimate of drug-likeness (QED) is 0.433. The van der Waals surface area contributed by atoms with Crippen LogP contribution in [0.4, 0.5) is 10.1 Å². The number of nitrogens with one attached hydrogen (secondary N) is 1. The number of methoxy groups -OCH3 is 1. The molecule has 3 rings (SSSR count). The van der Waals surface area contributed by atoms with Gasteiger partial charge < -0.3 is 15.5 Å². The minimum Gasteiger partial charge on any atom is -0.497 e. The number of anilines is 1. The van der Waals surface area contributed by atoms with E-state index in [0.29, 0.717) is 4.47 Å². The van der Waals surface area contributed by atoms with E-state index in [-0.39, 0.29) is 11.5 Å². The van der Waals surface area contributed by atoms with Gasteiger partial charge in [-0.05, 0) is 30.3 Å². The van der Waals surface area contributed by atoms with Gasteiger partial charge in [0.2, 0.25) is 0 Å². The van der Waals surface area contributed by atoms with Crippen LogP contribution in [0.1, 0.15) is 0 Å². The lowest BCUT2D eigenvalue weighted by Crippen LogP contribution is -1.88. The van der Waals surface area contributed by atoms with Crippen molar-refractivity contribution in [2.75, 3.05) is 12.8 Å². The number of aromatic amines is 1. The molecular weight excluding hydrogens is 355 g/mol. The van der Waals surface area contributed by atoms with Gasteiger partial charge in [-0.25, -0.2) is 4.39 Å². The number of benzene rings is 2. The average molecular weight is 369 g/mol. The molecule has 0 saturated heterocycles. The number of thiol groups is 1. The number of H-pyrrole nitrogens is 1. The molecule has 1 aromatic heterocycles. The highest BCUT2D eigenvalue weighted by Gasteiger charge is 2.00. The van der Waals surface area contributed by atoms with E-state index in [2.05, 4.69) is 33.5 Å². The summed E-state index contributed by atoms with van der Waals surface area (Å²) in [6.45, 7) is 0. The van der Waals surface area contributed by atoms with Crippen molar-refractivity contribution in [3.05, 3.63) is 52.9 Å². The van der Waals surface area contributed by atoms with Crippen LogP contribution in [0.25, 0.3) is 10.9 Å². The molecular formula is C15H14BrFN2OS. The van der Waals surface area contributed by atoms with Gasteiger partial charge in [-0.2, -0.15) is 0 Å². The van der Waals surface area contributed by atoms with Crippen molar-refractivity contribution in [1.29, 1.82) is 0 Å². The summed E-state index contributed by atoms with van der Waals surface area (Å²) in [5, 5.41) is 1.12. The third-order valence-electron chi connectivity index (χ3n) is 2.83. The Kier molecular flexibility index (Phi) is 5.14. The third-order valence-corrected chi connectivity index (χ3v) is 3.69. The Balaban J connectivity index is 0.000000161. The number of nitrogens with two attached hydrogens (primary N) is 1. The molecule has 3 nitrogen and oxygen atoms in total. The normalized spacial score (nSPS) is 10.1. The Bertz CT molecular complexity index is 761. The molecule has 6 heteroatoms. The van der Waals surface area contributed by atoms with Crippen molar-refractivity contribution in [2.24, 2.45) is 0 Å². The fraction of sp³-hybridized carbons (Fsp3) is 0.0667. The van der Waals surface area contributed by atoms with E-state index in [9.17, 15) is 4.39 Å². The van der Waals surface area contributed by atoms with Crippen molar-refractivity contribution >= 4 is 45.1 Å². The zero-order valence-corrected chi connectivity index (χ0v) is 13.7. The van der Waals surface area contributed by atoms with E-state index in [1.165, 1.54) is 12.1 Å². The number of hydrogen-bond acceptors (Lipinski definition) is 3. The van der Waals surface area contributed by atoms with Crippen LogP contribution in [0.2, 0.25) is 0 Å². The zero-order chi connectivity index (χ0) is 15.4. The minimum absolute atomic E-state index is 0.179. The number of fused-ring (bicyclic) bond motifs is 1. The van der Waals surface area contributed by atoms with Crippen LogP contribution < -0.4 is 10.5 Å². The molecule has 0 unspecified atom stereocenters. The highest BCUT2D eigenvalue weighted by molar-refractivity contribution is 9.10. The largest absolute Gasteiger partial charge is 0.497 e. The predicted molar refractivity (Wildman–Crippen MR) is 90.6 cm³/mol. The lowest BCUT2D eigenvalue weighted by atomic mass is 10.2. The maximum atomic E-state index is 12.4. The van der Waals surface area contributed by atoms with Gasteiger partial charge >= 0.3 is 0 Å². The fourth-order valence-corrected chi connectivity index (χ4v) is 2.31. The van der Waals surface area contributed by atoms with Crippen LogP contribution in [0.5, 0.6) is 5.75 Å². The molecule has 110 valence electrons. The van der Waals surface area contributed by atoms with Crippen molar-refractivity contribution in [1.82, 2.24) is 4.98 Å². The smallest absolute Gasteiger partial charge is 0.147 e. The highest BCUT2D eigenvalue weighted by atomic mass is 79.9. The first kappa shape index (κ1) is 15.7. The number of aromatic nitrogens is 1. The maximum absolute atomic E-state index is 12.4. The van der Waals surface area contributed by atoms with Crippen molar-refractivity contribution in [3.8, 4) is 5.75 Å². The van der Waals surface area contributed by atoms with E-state index >= 15 is 0 Å². The Morgan fingerprint density at radius 1 is 1.24 bits per heavy atom. The van der Waals surface area contributed by atoms with Gasteiger partial charge in [0.15, 0.2) is 0 Å². The molecule has 0 bridgehead atoms. The summed E-state index contributed by atoms with van der Waals surface area (Å²) >= 11 is 7.39. The lowest BCUT2D eigenvalue weighted by Gasteiger charge is -1.98. The number of ether oxygens (including phenoxy) is 1. The molecule has 2 aromatic carbocycles. The van der Waals surface area contributed by atoms with Gasteiger partial charge in [-0.15, -0.1) is 12.6 Å². The summed E-state index contributed by atoms with van der Waals surface area (Å²) in [6.07, 6.45) is 1.87. The molecule has 0 fully saturated rings. The van der Waals surface area contributed by atoms with Crippen LogP contribution in [0.3, 0.4) is 0 Å². The molecule has 0 spiro atoms. The van der Waals surface area contributed by atoms with Crippen molar-refractivity contribution < 1.29 is 9.13 Å². The first-order valence-electron chi connectivity index (χ1n) is 6.06. The zero-order valence-electron chi connectivity index (χ0n) is 11.2. The maximum Gasteiger partial charge on any atom is 0.147 e. The number of rotatable bonds is 1. The van der Waals surface area contributed by atoms with Crippen LogP contribution in [-0.4, -0.2) is 12.1 Å². The van der Waals surface area contributed by atoms with E-state index in [4.69, 9.17) is 10.5 Å². The molecule has 3 aromatic rings. The summed E-state index contributed by atoms with van der Waals surface area (Å²) in [5.74, 6) is 0.474. The third kappa shape index (κ3) is 3.92. The number of hydrogen-bond donors (Lipinski definition) is 3. The van der Waals surface area contributed by atoms with Crippen LogP contribution in [0, 0.1) is 5.82 Å². The Hall–Kier alpha value is -1.66. The Morgan fingerprint density at radius 2 is 2.00 bits per heavy atom. The van der Waals surface area contributed by atoms with E-state index in [1.54, 1.807) is 13.2 Å². The molecule has 0 radical (unpaired) electrons. The first-order valence-corrected chi connectivity index (χ1v) is 7.30. The Labute approximate surface area is 135 Å². The van der Waals surface area contributed by atoms with Crippen LogP contribution in [0.15, 0.2) is 52.0 Å². The summed E-state index contributed by atoms with van der Waals surface area (Å²) in [7, 11) is 1.66. The average Bonchev–Trinajstić information content (AvgIpc) is 2.85. The second kappa shape index (κ2) is 6.87. The van der Waals surface area contributed by atoms with Gasteiger partial charge in [-0.1, -0.05) is 15.9 Å². The topological polar surface area (TPSA) is 51.0 Å². The van der Waals surface area contributed by atoms with Gasteiger partial charge in [-0.3, -0.25) is 0 Å². The van der Waals surface area contributed by atoms with E-state index in [1.807, 2.05) is 24.4 Å². The molecule has 0 aliphatic rings. The molecule has 0 saturated carbocycles. The number of halogens is 2. The van der Waals surface area contributed by atoms with E-state index < -0.39 is 0 Å². The van der Waals surface area contributed by atoms with E-state index in [0.717, 1.165) is 21.5 Å². The van der Waals surface area contributed by atoms with Crippen LogP contribution >= 0.6 is 28.6 Å². The highest BCUT2D eigenvalue weighted by Crippen LogP contribution is 2.24. The Morgan fingerprint density at radius 3 is 2.62 bits per heavy atom. The van der Waals surface area contributed by atoms with Crippen molar-refractivity contribution in [3.63, 3.8) is 0 Å². The standard InChI is InChI=1S/C9H9NOS.C6H5BrFN/c1-11-6-2-3-7-8(4-6)10-5-9(7)12;7-4-1-2-6(9)5(8)3-4/h2-5,10,12H,1H3;1-3H,9H2. The van der Waals surface area contributed by atoms with Gasteiger partial charge in [0, 0.05) is 27.0 Å². The summed E-state index contributed by atoms with van der Waals surface area (Å²) in [4.78, 5) is 4.07. The monoisotopic (exact) mass is 368 g/mol. The number of nitrogen functional groups attached to an aromatic ring is 1. The van der Waals surface area contributed by atoms with Crippen molar-refractivity contribution in [2.45, 2.75) is 4.90 Å². The second-order valence-electron chi connectivity index (χ2n) is 4.25. The molecule has 1 heterocycles. The molecule has 0 aliphatic carbocycles. The summed E-state index contributed by atoms with van der Waals surface area (Å²) in [5.41, 5.74) is 6.43. The summed E-state index contributed by atoms with van der Waals surface area (Å²) in [6, 6.07) is 10.4. The minimum atomic E-state index is -0.385. The van der Waals surface area contributed by atoms with Crippen LogP contribution in [-0.2, 0) is 0 Å². The lowest BCUT2D eigenvalue weighted by molar-refractivity contribution is 0.415. The van der Waals surface area contributed by atoms with Gasteiger partial charge in [0.1, 0.15) is 11.6 Å². The molecule has 21 heavy (non-hydrogen) atoms. The second-order valence-corrected chi connectivity index (χ2v) is 5.65. The molecule has 0 aliphatic heterocycles. The molecule has 0 atom stereocenters. The molecule has 3 N–H and O–H groups in total. The van der Waals surface area contributed by atoms with Gasteiger partial charge in [0.05, 0.1) is 18.3 Å². The fourth-order valence-electron chi connectivity index (χ4n) is 1.72. The first-order chi connectivity index (χ1) is 10.0.